The van der Waals surface area contributed by atoms with E-state index in [1.54, 1.807) is 0 Å². The van der Waals surface area contributed by atoms with Crippen molar-refractivity contribution in [2.24, 2.45) is 11.8 Å². The number of rotatable bonds is 6. The lowest BCUT2D eigenvalue weighted by Gasteiger charge is -2.13. The average molecular weight is 222 g/mol. The maximum atomic E-state index is 10.4. The molecule has 0 N–H and O–H groups in total. The predicted molar refractivity (Wildman–Crippen MR) is 51.5 cm³/mol. The normalized spacial score (nSPS) is 16.4. The molecule has 0 fully saturated rings. The van der Waals surface area contributed by atoms with Gasteiger partial charge in [-0.2, -0.15) is 0 Å². The van der Waals surface area contributed by atoms with E-state index in [2.05, 4.69) is 22.9 Å². The van der Waals surface area contributed by atoms with Gasteiger partial charge < -0.3 is 0 Å². The van der Waals surface area contributed by atoms with Gasteiger partial charge in [-0.25, -0.2) is 5.11 Å². The van der Waals surface area contributed by atoms with Crippen LogP contribution in [0.25, 0.3) is 0 Å². The van der Waals surface area contributed by atoms with Crippen molar-refractivity contribution in [2.75, 3.05) is 11.9 Å². The number of halogens is 1. The number of hydrogen-bond acceptors (Lipinski definition) is 0. The minimum atomic E-state index is 0.0820. The Labute approximate surface area is 78.3 Å². The fourth-order valence-electron chi connectivity index (χ4n) is 1.30. The summed E-state index contributed by atoms with van der Waals surface area (Å²) < 4.78 is 0. The van der Waals surface area contributed by atoms with Crippen LogP contribution in [0.4, 0.5) is 0 Å². The van der Waals surface area contributed by atoms with Crippen LogP contribution in [0.5, 0.6) is 0 Å². The van der Waals surface area contributed by atoms with Crippen LogP contribution in [0, 0.1) is 11.8 Å². The van der Waals surface area contributed by atoms with E-state index in [-0.39, 0.29) is 6.61 Å². The van der Waals surface area contributed by atoms with Gasteiger partial charge >= 0.3 is 0 Å². The van der Waals surface area contributed by atoms with E-state index in [1.807, 2.05) is 6.92 Å². The first-order chi connectivity index (χ1) is 5.20. The Kier molecular flexibility index (Phi) is 7.39. The van der Waals surface area contributed by atoms with Gasteiger partial charge in [0.25, 0.3) is 0 Å². The van der Waals surface area contributed by atoms with Crippen LogP contribution >= 0.6 is 15.9 Å². The zero-order chi connectivity index (χ0) is 8.69. The zero-order valence-electron chi connectivity index (χ0n) is 7.48. The van der Waals surface area contributed by atoms with Crippen LogP contribution in [-0.4, -0.2) is 11.9 Å². The van der Waals surface area contributed by atoms with E-state index >= 15 is 0 Å². The first-order valence-electron chi connectivity index (χ1n) is 4.34. The SMILES string of the molecule is CC(C[O])CC(C)CCCBr. The van der Waals surface area contributed by atoms with E-state index in [9.17, 15) is 5.11 Å². The lowest BCUT2D eigenvalue weighted by atomic mass is 9.94. The average Bonchev–Trinajstić information content (AvgIpc) is 2.00. The standard InChI is InChI=1S/C9H18BrO/c1-8(4-3-5-10)6-9(2)7-11/h8-9H,3-7H2,1-2H3. The summed E-state index contributed by atoms with van der Waals surface area (Å²) in [6.45, 7) is 4.35. The summed E-state index contributed by atoms with van der Waals surface area (Å²) in [5.41, 5.74) is 0. The third-order valence-electron chi connectivity index (χ3n) is 1.92. The van der Waals surface area contributed by atoms with Gasteiger partial charge in [0.2, 0.25) is 0 Å². The molecule has 0 aliphatic rings. The molecule has 0 aromatic carbocycles. The molecule has 2 atom stereocenters. The van der Waals surface area contributed by atoms with Crippen molar-refractivity contribution in [3.05, 3.63) is 0 Å². The lowest BCUT2D eigenvalue weighted by Crippen LogP contribution is -2.06. The molecule has 2 heteroatoms. The Bertz CT molecular complexity index is 85.6. The summed E-state index contributed by atoms with van der Waals surface area (Å²) in [7, 11) is 0. The number of hydrogen-bond donors (Lipinski definition) is 0. The highest BCUT2D eigenvalue weighted by molar-refractivity contribution is 9.09. The van der Waals surface area contributed by atoms with Gasteiger partial charge in [0, 0.05) is 5.33 Å². The van der Waals surface area contributed by atoms with Gasteiger partial charge in [-0.3, -0.25) is 0 Å². The van der Waals surface area contributed by atoms with Crippen LogP contribution in [0.15, 0.2) is 0 Å². The minimum Gasteiger partial charge on any atom is -0.236 e. The van der Waals surface area contributed by atoms with Crippen LogP contribution in [-0.2, 0) is 5.11 Å². The molecule has 0 bridgehead atoms. The summed E-state index contributed by atoms with van der Waals surface area (Å²) >= 11 is 3.40. The maximum absolute atomic E-state index is 10.4. The maximum Gasteiger partial charge on any atom is 0.0847 e. The molecule has 2 unspecified atom stereocenters. The molecule has 1 radical (unpaired) electrons. The summed E-state index contributed by atoms with van der Waals surface area (Å²) in [6, 6.07) is 0. The third kappa shape index (κ3) is 6.82. The van der Waals surface area contributed by atoms with Crippen LogP contribution in [0.1, 0.15) is 33.1 Å². The summed E-state index contributed by atoms with van der Waals surface area (Å²) in [4.78, 5) is 0. The van der Waals surface area contributed by atoms with Gasteiger partial charge in [-0.05, 0) is 31.1 Å². The first kappa shape index (κ1) is 11.4. The molecule has 0 aliphatic heterocycles. The van der Waals surface area contributed by atoms with Crippen molar-refractivity contribution in [2.45, 2.75) is 33.1 Å². The van der Waals surface area contributed by atoms with Crippen molar-refractivity contribution in [1.82, 2.24) is 0 Å². The fourth-order valence-corrected chi connectivity index (χ4v) is 1.62. The molecule has 1 nitrogen and oxygen atoms in total. The highest BCUT2D eigenvalue weighted by Crippen LogP contribution is 2.16. The summed E-state index contributed by atoms with van der Waals surface area (Å²) in [5.74, 6) is 1.08. The van der Waals surface area contributed by atoms with E-state index in [1.165, 1.54) is 12.8 Å². The fraction of sp³-hybridized carbons (Fsp3) is 1.00. The Morgan fingerprint density at radius 3 is 2.36 bits per heavy atom. The second-order valence-electron chi connectivity index (χ2n) is 3.44. The Morgan fingerprint density at radius 1 is 1.27 bits per heavy atom. The van der Waals surface area contributed by atoms with Gasteiger partial charge in [0.15, 0.2) is 0 Å². The van der Waals surface area contributed by atoms with Gasteiger partial charge in [-0.15, -0.1) is 0 Å². The molecule has 0 saturated heterocycles. The van der Waals surface area contributed by atoms with Crippen molar-refractivity contribution >= 4 is 15.9 Å². The molecule has 0 aromatic rings. The second kappa shape index (κ2) is 7.11. The lowest BCUT2D eigenvalue weighted by molar-refractivity contribution is 0.137. The Hall–Kier alpha value is 0.440. The zero-order valence-corrected chi connectivity index (χ0v) is 9.06. The molecule has 67 valence electrons. The largest absolute Gasteiger partial charge is 0.236 e. The highest BCUT2D eigenvalue weighted by Gasteiger charge is 2.07. The van der Waals surface area contributed by atoms with Crippen LogP contribution in [0.2, 0.25) is 0 Å². The summed E-state index contributed by atoms with van der Waals surface area (Å²) in [5, 5.41) is 11.5. The molecule has 11 heavy (non-hydrogen) atoms. The number of alkyl halides is 1. The van der Waals surface area contributed by atoms with Crippen molar-refractivity contribution in [3.63, 3.8) is 0 Å². The van der Waals surface area contributed by atoms with Crippen molar-refractivity contribution in [3.8, 4) is 0 Å². The van der Waals surface area contributed by atoms with Crippen LogP contribution in [0.3, 0.4) is 0 Å². The quantitative estimate of drug-likeness (QED) is 0.615. The van der Waals surface area contributed by atoms with Crippen LogP contribution < -0.4 is 0 Å². The summed E-state index contributed by atoms with van der Waals surface area (Å²) in [6.07, 6.45) is 3.57. The Morgan fingerprint density at radius 2 is 1.91 bits per heavy atom. The van der Waals surface area contributed by atoms with E-state index in [0.29, 0.717) is 5.92 Å². The molecular weight excluding hydrogens is 204 g/mol. The second-order valence-corrected chi connectivity index (χ2v) is 4.24. The van der Waals surface area contributed by atoms with Crippen molar-refractivity contribution < 1.29 is 5.11 Å². The molecule has 0 rings (SSSR count). The molecule has 0 aromatic heterocycles. The van der Waals surface area contributed by atoms with Gasteiger partial charge in [0.05, 0.1) is 6.61 Å². The molecule has 0 spiro atoms. The molecule has 0 saturated carbocycles. The Balaban J connectivity index is 3.27. The molecule has 0 heterocycles. The third-order valence-corrected chi connectivity index (χ3v) is 2.48. The van der Waals surface area contributed by atoms with E-state index in [4.69, 9.17) is 0 Å². The molecular formula is C9H18BrO. The van der Waals surface area contributed by atoms with E-state index in [0.717, 1.165) is 17.7 Å². The van der Waals surface area contributed by atoms with Gasteiger partial charge in [-0.1, -0.05) is 29.8 Å². The van der Waals surface area contributed by atoms with Gasteiger partial charge in [0.1, 0.15) is 0 Å². The smallest absolute Gasteiger partial charge is 0.0847 e. The molecule has 0 aliphatic carbocycles. The van der Waals surface area contributed by atoms with Crippen molar-refractivity contribution in [1.29, 1.82) is 0 Å². The monoisotopic (exact) mass is 221 g/mol. The van der Waals surface area contributed by atoms with E-state index < -0.39 is 0 Å². The topological polar surface area (TPSA) is 19.9 Å². The molecule has 0 amide bonds. The first-order valence-corrected chi connectivity index (χ1v) is 5.47. The highest BCUT2D eigenvalue weighted by atomic mass is 79.9. The minimum absolute atomic E-state index is 0.0820. The predicted octanol–water partition coefficient (Wildman–Crippen LogP) is 3.25.